The van der Waals surface area contributed by atoms with Crippen LogP contribution < -0.4 is 5.32 Å². The molecule has 4 aliphatic heterocycles. The molecular weight excluding hydrogens is 332 g/mol. The predicted molar refractivity (Wildman–Crippen MR) is 94.8 cm³/mol. The molecule has 26 heavy (non-hydrogen) atoms. The lowest BCUT2D eigenvalue weighted by Gasteiger charge is -2.32. The highest BCUT2D eigenvalue weighted by molar-refractivity contribution is 5.92. The van der Waals surface area contributed by atoms with Crippen LogP contribution >= 0.6 is 0 Å². The fraction of sp³-hybridized carbons (Fsp3) is 0.789. The molecule has 5 heterocycles. The molecule has 4 saturated heterocycles. The number of carbonyl (C=O) groups is 1. The number of rotatable bonds is 4. The van der Waals surface area contributed by atoms with Gasteiger partial charge >= 0.3 is 0 Å². The summed E-state index contributed by atoms with van der Waals surface area (Å²) in [7, 11) is 1.85. The van der Waals surface area contributed by atoms with Crippen LogP contribution in [0.3, 0.4) is 0 Å². The maximum atomic E-state index is 12.5. The molecule has 0 aliphatic carbocycles. The first-order valence-electron chi connectivity index (χ1n) is 9.90. The van der Waals surface area contributed by atoms with E-state index in [1.807, 2.05) is 7.05 Å². The van der Waals surface area contributed by atoms with E-state index in [1.165, 1.54) is 6.42 Å². The zero-order valence-corrected chi connectivity index (χ0v) is 15.4. The Labute approximate surface area is 154 Å². The Hall–Kier alpha value is -1.44. The van der Waals surface area contributed by atoms with Crippen molar-refractivity contribution < 1.29 is 14.3 Å². The quantitative estimate of drug-likeness (QED) is 0.861. The molecule has 1 N–H and O–H groups in total. The molecule has 1 amide bonds. The number of likely N-dealkylation sites (tertiary alicyclic amines) is 1. The third kappa shape index (κ3) is 2.60. The fourth-order valence-electron chi connectivity index (χ4n) is 5.71. The van der Waals surface area contributed by atoms with Gasteiger partial charge in [0, 0.05) is 57.8 Å². The highest BCUT2D eigenvalue weighted by Crippen LogP contribution is 2.55. The number of ether oxygens (including phenoxy) is 2. The van der Waals surface area contributed by atoms with Crippen LogP contribution in [0, 0.1) is 11.8 Å². The lowest BCUT2D eigenvalue weighted by Crippen LogP contribution is -2.42. The summed E-state index contributed by atoms with van der Waals surface area (Å²) in [5.41, 5.74) is 0.643. The van der Waals surface area contributed by atoms with Gasteiger partial charge in [0.2, 0.25) is 0 Å². The number of hydrogen-bond donors (Lipinski definition) is 1. The van der Waals surface area contributed by atoms with Gasteiger partial charge in [0.05, 0.1) is 24.2 Å². The van der Waals surface area contributed by atoms with E-state index in [9.17, 15) is 4.79 Å². The Morgan fingerprint density at radius 1 is 1.38 bits per heavy atom. The Bertz CT molecular complexity index is 686. The van der Waals surface area contributed by atoms with Crippen LogP contribution in [-0.4, -0.2) is 71.0 Å². The minimum Gasteiger partial charge on any atom is -0.381 e. The van der Waals surface area contributed by atoms with E-state index in [-0.39, 0.29) is 11.5 Å². The maximum absolute atomic E-state index is 12.5. The number of nitrogens with one attached hydrogen (secondary N) is 1. The summed E-state index contributed by atoms with van der Waals surface area (Å²) in [6.45, 7) is 4.63. The van der Waals surface area contributed by atoms with Gasteiger partial charge in [0.1, 0.15) is 5.69 Å². The Morgan fingerprint density at radius 2 is 2.23 bits per heavy atom. The molecule has 0 aromatic carbocycles. The number of nitrogens with zero attached hydrogens (tertiary/aromatic N) is 3. The molecule has 4 aliphatic rings. The van der Waals surface area contributed by atoms with E-state index >= 15 is 0 Å². The number of fused-ring (bicyclic) bond motifs is 1. The van der Waals surface area contributed by atoms with Gasteiger partial charge < -0.3 is 19.4 Å². The zero-order valence-electron chi connectivity index (χ0n) is 15.4. The minimum absolute atomic E-state index is 0.0326. The molecule has 1 aromatic heterocycles. The lowest BCUT2D eigenvalue weighted by molar-refractivity contribution is -0.0122. The molecule has 5 rings (SSSR count). The van der Waals surface area contributed by atoms with E-state index in [2.05, 4.69) is 15.2 Å². The first-order chi connectivity index (χ1) is 12.7. The van der Waals surface area contributed by atoms with Crippen molar-refractivity contribution in [2.75, 3.05) is 32.8 Å². The summed E-state index contributed by atoms with van der Waals surface area (Å²) in [4.78, 5) is 19.1. The molecule has 7 nitrogen and oxygen atoms in total. The molecule has 0 radical (unpaired) electrons. The highest BCUT2D eigenvalue weighted by Gasteiger charge is 2.63. The van der Waals surface area contributed by atoms with E-state index in [1.54, 1.807) is 17.1 Å². The molecule has 0 unspecified atom stereocenters. The molecule has 4 atom stereocenters. The minimum atomic E-state index is -0.0406. The standard InChI is InChI=1S/C19H28N4O3/c1-22-12-20-9-16(22)18(24)21-8-14-15-10-23(13-3-6-25-7-4-13)11-19(15)5-2-17(14)26-19/h9,12-15,17H,2-8,10-11H2,1H3,(H,21,24)/t14-,15+,17+,19+/m0/s1. The molecule has 1 aromatic rings. The van der Waals surface area contributed by atoms with E-state index in [0.717, 1.165) is 45.6 Å². The second kappa shape index (κ2) is 6.32. The van der Waals surface area contributed by atoms with Gasteiger partial charge in [-0.2, -0.15) is 0 Å². The highest BCUT2D eigenvalue weighted by atomic mass is 16.5. The van der Waals surface area contributed by atoms with Crippen molar-refractivity contribution >= 4 is 5.91 Å². The molecule has 142 valence electrons. The third-order valence-electron chi connectivity index (χ3n) is 7.07. The van der Waals surface area contributed by atoms with Crippen molar-refractivity contribution in [2.24, 2.45) is 18.9 Å². The van der Waals surface area contributed by atoms with Crippen molar-refractivity contribution in [3.63, 3.8) is 0 Å². The first kappa shape index (κ1) is 16.7. The number of imidazole rings is 1. The fourth-order valence-corrected chi connectivity index (χ4v) is 5.71. The zero-order chi connectivity index (χ0) is 17.7. The number of hydrogen-bond acceptors (Lipinski definition) is 5. The molecule has 1 spiro atoms. The van der Waals surface area contributed by atoms with Crippen molar-refractivity contribution in [1.29, 1.82) is 0 Å². The normalized spacial score (nSPS) is 37.2. The Kier molecular flexibility index (Phi) is 4.06. The summed E-state index contributed by atoms with van der Waals surface area (Å²) < 4.78 is 13.8. The van der Waals surface area contributed by atoms with E-state index in [0.29, 0.717) is 36.2 Å². The van der Waals surface area contributed by atoms with Gasteiger partial charge in [-0.05, 0) is 25.7 Å². The third-order valence-corrected chi connectivity index (χ3v) is 7.07. The molecular formula is C19H28N4O3. The van der Waals surface area contributed by atoms with Crippen LogP contribution in [0.15, 0.2) is 12.5 Å². The van der Waals surface area contributed by atoms with Crippen LogP contribution in [-0.2, 0) is 16.5 Å². The van der Waals surface area contributed by atoms with Crippen LogP contribution in [0.4, 0.5) is 0 Å². The van der Waals surface area contributed by atoms with Gasteiger partial charge in [-0.3, -0.25) is 9.69 Å². The molecule has 4 fully saturated rings. The van der Waals surface area contributed by atoms with Crippen LogP contribution in [0.5, 0.6) is 0 Å². The van der Waals surface area contributed by atoms with Crippen molar-refractivity contribution in [3.8, 4) is 0 Å². The van der Waals surface area contributed by atoms with Crippen molar-refractivity contribution in [3.05, 3.63) is 18.2 Å². The maximum Gasteiger partial charge on any atom is 0.269 e. The summed E-state index contributed by atoms with van der Waals surface area (Å²) in [5, 5.41) is 3.14. The lowest BCUT2D eigenvalue weighted by atomic mass is 9.73. The Morgan fingerprint density at radius 3 is 3.00 bits per heavy atom. The largest absolute Gasteiger partial charge is 0.381 e. The second-order valence-corrected chi connectivity index (χ2v) is 8.40. The first-order valence-corrected chi connectivity index (χ1v) is 9.90. The predicted octanol–water partition coefficient (Wildman–Crippen LogP) is 0.808. The van der Waals surface area contributed by atoms with Gasteiger partial charge in [-0.1, -0.05) is 0 Å². The summed E-state index contributed by atoms with van der Waals surface area (Å²) in [5.74, 6) is 0.919. The number of amides is 1. The number of aromatic nitrogens is 2. The average Bonchev–Trinajstić information content (AvgIpc) is 3.40. The summed E-state index contributed by atoms with van der Waals surface area (Å²) in [6.07, 6.45) is 8.16. The van der Waals surface area contributed by atoms with Crippen molar-refractivity contribution in [2.45, 2.75) is 43.4 Å². The molecule has 7 heteroatoms. The Balaban J connectivity index is 1.26. The van der Waals surface area contributed by atoms with Crippen LogP contribution in [0.2, 0.25) is 0 Å². The molecule has 2 bridgehead atoms. The SMILES string of the molecule is Cn1cncc1C(=O)NC[C@H]1[C@H]2CN(C3CCOCC3)C[C@]23CC[C@H]1O3. The molecule has 0 saturated carbocycles. The van der Waals surface area contributed by atoms with Crippen LogP contribution in [0.1, 0.15) is 36.2 Å². The van der Waals surface area contributed by atoms with Crippen LogP contribution in [0.25, 0.3) is 0 Å². The van der Waals surface area contributed by atoms with Gasteiger partial charge in [0.25, 0.3) is 5.91 Å². The van der Waals surface area contributed by atoms with Gasteiger partial charge in [-0.25, -0.2) is 4.98 Å². The smallest absolute Gasteiger partial charge is 0.269 e. The number of carbonyl (C=O) groups excluding carboxylic acids is 1. The van der Waals surface area contributed by atoms with Crippen molar-refractivity contribution in [1.82, 2.24) is 19.8 Å². The second-order valence-electron chi connectivity index (χ2n) is 8.40. The van der Waals surface area contributed by atoms with Gasteiger partial charge in [-0.15, -0.1) is 0 Å². The average molecular weight is 360 g/mol. The van der Waals surface area contributed by atoms with Gasteiger partial charge in [0.15, 0.2) is 0 Å². The summed E-state index contributed by atoms with van der Waals surface area (Å²) >= 11 is 0. The van der Waals surface area contributed by atoms with E-state index < -0.39 is 0 Å². The van der Waals surface area contributed by atoms with E-state index in [4.69, 9.17) is 9.47 Å². The number of aryl methyl sites for hydroxylation is 1. The topological polar surface area (TPSA) is 68.6 Å². The summed E-state index contributed by atoms with van der Waals surface area (Å²) in [6, 6.07) is 0.635. The monoisotopic (exact) mass is 360 g/mol.